The van der Waals surface area contributed by atoms with Gasteiger partial charge in [-0.15, -0.1) is 0 Å². The molecule has 9 heteroatoms. The van der Waals surface area contributed by atoms with Gasteiger partial charge in [0.1, 0.15) is 18.1 Å². The highest BCUT2D eigenvalue weighted by molar-refractivity contribution is 6.32. The molecule has 170 valence electrons. The summed E-state index contributed by atoms with van der Waals surface area (Å²) in [5.74, 6) is 1.00. The van der Waals surface area contributed by atoms with E-state index in [0.29, 0.717) is 40.9 Å². The van der Waals surface area contributed by atoms with Gasteiger partial charge in [-0.1, -0.05) is 28.9 Å². The number of carbonyl (C=O) groups is 1. The maximum Gasteiger partial charge on any atom is 0.276 e. The van der Waals surface area contributed by atoms with Crippen molar-refractivity contribution in [1.29, 1.82) is 0 Å². The number of ether oxygens (including phenoxy) is 1. The molecule has 0 bridgehead atoms. The SMILES string of the molecule is CCn1cc(CN2CCN(C(=O)c3noc(C)c3COc3ccccc3Cl)CC2)c(C)n1. The van der Waals surface area contributed by atoms with Gasteiger partial charge in [0.2, 0.25) is 0 Å². The van der Waals surface area contributed by atoms with Crippen molar-refractivity contribution in [2.45, 2.75) is 40.5 Å². The first-order valence-corrected chi connectivity index (χ1v) is 11.2. The van der Waals surface area contributed by atoms with Crippen molar-refractivity contribution in [2.75, 3.05) is 26.2 Å². The highest BCUT2D eigenvalue weighted by Crippen LogP contribution is 2.26. The molecule has 1 aromatic carbocycles. The van der Waals surface area contributed by atoms with Gasteiger partial charge in [-0.25, -0.2) is 0 Å². The van der Waals surface area contributed by atoms with E-state index in [-0.39, 0.29) is 12.5 Å². The minimum absolute atomic E-state index is 0.130. The van der Waals surface area contributed by atoms with Crippen molar-refractivity contribution in [3.8, 4) is 5.75 Å². The van der Waals surface area contributed by atoms with Crippen LogP contribution in [0.15, 0.2) is 35.0 Å². The maximum absolute atomic E-state index is 13.2. The molecule has 1 aliphatic rings. The summed E-state index contributed by atoms with van der Waals surface area (Å²) < 4.78 is 13.1. The van der Waals surface area contributed by atoms with E-state index in [0.717, 1.165) is 31.9 Å². The van der Waals surface area contributed by atoms with Crippen LogP contribution in [0.5, 0.6) is 5.75 Å². The lowest BCUT2D eigenvalue weighted by molar-refractivity contribution is 0.0616. The van der Waals surface area contributed by atoms with Gasteiger partial charge >= 0.3 is 0 Å². The minimum atomic E-state index is -0.130. The molecule has 0 N–H and O–H groups in total. The van der Waals surface area contributed by atoms with Crippen LogP contribution in [0, 0.1) is 13.8 Å². The number of aryl methyl sites for hydroxylation is 3. The van der Waals surface area contributed by atoms with Crippen LogP contribution < -0.4 is 4.74 Å². The molecule has 3 heterocycles. The van der Waals surface area contributed by atoms with E-state index in [1.165, 1.54) is 5.56 Å². The zero-order valence-electron chi connectivity index (χ0n) is 18.7. The monoisotopic (exact) mass is 457 g/mol. The Balaban J connectivity index is 1.37. The Hall–Kier alpha value is -2.84. The van der Waals surface area contributed by atoms with Crippen LogP contribution in [0.1, 0.15) is 40.0 Å². The summed E-state index contributed by atoms with van der Waals surface area (Å²) in [7, 11) is 0. The number of nitrogens with zero attached hydrogens (tertiary/aromatic N) is 5. The topological polar surface area (TPSA) is 76.6 Å². The fourth-order valence-electron chi connectivity index (χ4n) is 3.82. The third kappa shape index (κ3) is 4.81. The molecule has 1 amide bonds. The molecule has 0 spiro atoms. The Bertz CT molecular complexity index is 1090. The van der Waals surface area contributed by atoms with Gasteiger partial charge in [-0.05, 0) is 32.9 Å². The van der Waals surface area contributed by atoms with E-state index in [1.54, 1.807) is 19.1 Å². The number of aromatic nitrogens is 3. The molecule has 4 rings (SSSR count). The molecule has 1 aliphatic heterocycles. The number of hydrogen-bond donors (Lipinski definition) is 0. The molecular formula is C23H28ClN5O3. The summed E-state index contributed by atoms with van der Waals surface area (Å²) >= 11 is 6.17. The molecular weight excluding hydrogens is 430 g/mol. The zero-order chi connectivity index (χ0) is 22.7. The van der Waals surface area contributed by atoms with Gasteiger partial charge in [0.25, 0.3) is 5.91 Å². The Labute approximate surface area is 192 Å². The molecule has 32 heavy (non-hydrogen) atoms. The average molecular weight is 458 g/mol. The zero-order valence-corrected chi connectivity index (χ0v) is 19.4. The van der Waals surface area contributed by atoms with Crippen LogP contribution in [0.4, 0.5) is 0 Å². The van der Waals surface area contributed by atoms with Gasteiger partial charge in [0.05, 0.1) is 16.3 Å². The standard InChI is InChI=1S/C23H28ClN5O3/c1-4-29-14-18(16(2)25-29)13-27-9-11-28(12-10-27)23(30)22-19(17(3)32-26-22)15-31-21-8-6-5-7-20(21)24/h5-8,14H,4,9-13,15H2,1-3H3. The number of carbonyl (C=O) groups excluding carboxylic acids is 1. The van der Waals surface area contributed by atoms with Crippen LogP contribution in [0.25, 0.3) is 0 Å². The molecule has 0 unspecified atom stereocenters. The van der Waals surface area contributed by atoms with Crippen molar-refractivity contribution in [3.05, 3.63) is 63.8 Å². The van der Waals surface area contributed by atoms with Gasteiger partial charge in [-0.2, -0.15) is 5.10 Å². The molecule has 1 fully saturated rings. The van der Waals surface area contributed by atoms with Crippen molar-refractivity contribution in [1.82, 2.24) is 24.7 Å². The second-order valence-electron chi connectivity index (χ2n) is 7.95. The van der Waals surface area contributed by atoms with Gasteiger partial charge in [0.15, 0.2) is 5.69 Å². The predicted octanol–water partition coefficient (Wildman–Crippen LogP) is 3.70. The van der Waals surface area contributed by atoms with Crippen LogP contribution >= 0.6 is 11.6 Å². The highest BCUT2D eigenvalue weighted by Gasteiger charge is 2.28. The summed E-state index contributed by atoms with van der Waals surface area (Å²) in [5, 5.41) is 9.07. The maximum atomic E-state index is 13.2. The van der Waals surface area contributed by atoms with E-state index in [1.807, 2.05) is 28.6 Å². The fourth-order valence-corrected chi connectivity index (χ4v) is 4.01. The lowest BCUT2D eigenvalue weighted by Gasteiger charge is -2.34. The first-order chi connectivity index (χ1) is 15.5. The minimum Gasteiger partial charge on any atom is -0.487 e. The Morgan fingerprint density at radius 2 is 1.94 bits per heavy atom. The van der Waals surface area contributed by atoms with Gasteiger partial charge in [-0.3, -0.25) is 14.4 Å². The lowest BCUT2D eigenvalue weighted by Crippen LogP contribution is -2.48. The number of para-hydroxylation sites is 1. The van der Waals surface area contributed by atoms with Crippen molar-refractivity contribution in [2.24, 2.45) is 0 Å². The molecule has 0 aliphatic carbocycles. The van der Waals surface area contributed by atoms with Crippen LogP contribution in [0.2, 0.25) is 5.02 Å². The van der Waals surface area contributed by atoms with E-state index in [4.69, 9.17) is 20.9 Å². The molecule has 3 aromatic rings. The number of rotatable bonds is 7. The molecule has 0 saturated carbocycles. The first-order valence-electron chi connectivity index (χ1n) is 10.8. The number of benzene rings is 1. The normalized spacial score (nSPS) is 14.7. The molecule has 1 saturated heterocycles. The van der Waals surface area contributed by atoms with Gasteiger partial charge < -0.3 is 14.2 Å². The van der Waals surface area contributed by atoms with E-state index in [9.17, 15) is 4.79 Å². The summed E-state index contributed by atoms with van der Waals surface area (Å²) in [6.45, 7) is 10.6. The van der Waals surface area contributed by atoms with Crippen molar-refractivity contribution >= 4 is 17.5 Å². The quantitative estimate of drug-likeness (QED) is 0.538. The Kier molecular flexibility index (Phi) is 6.81. The van der Waals surface area contributed by atoms with Crippen LogP contribution in [-0.4, -0.2) is 56.8 Å². The van der Waals surface area contributed by atoms with E-state index >= 15 is 0 Å². The van der Waals surface area contributed by atoms with E-state index < -0.39 is 0 Å². The van der Waals surface area contributed by atoms with Crippen molar-refractivity contribution in [3.63, 3.8) is 0 Å². The smallest absolute Gasteiger partial charge is 0.276 e. The van der Waals surface area contributed by atoms with Crippen LogP contribution in [0.3, 0.4) is 0 Å². The summed E-state index contributed by atoms with van der Waals surface area (Å²) in [6.07, 6.45) is 2.11. The molecule has 8 nitrogen and oxygen atoms in total. The summed E-state index contributed by atoms with van der Waals surface area (Å²) in [4.78, 5) is 17.3. The lowest BCUT2D eigenvalue weighted by atomic mass is 10.1. The first kappa shape index (κ1) is 22.4. The highest BCUT2D eigenvalue weighted by atomic mass is 35.5. The number of amides is 1. The predicted molar refractivity (Wildman–Crippen MR) is 121 cm³/mol. The van der Waals surface area contributed by atoms with Gasteiger partial charge in [0, 0.05) is 51.0 Å². The number of hydrogen-bond acceptors (Lipinski definition) is 6. The molecule has 0 atom stereocenters. The Morgan fingerprint density at radius 1 is 1.19 bits per heavy atom. The second kappa shape index (κ2) is 9.75. The summed E-state index contributed by atoms with van der Waals surface area (Å²) in [6, 6.07) is 7.24. The number of piperazine rings is 1. The van der Waals surface area contributed by atoms with Crippen molar-refractivity contribution < 1.29 is 14.1 Å². The Morgan fingerprint density at radius 3 is 2.62 bits per heavy atom. The third-order valence-electron chi connectivity index (χ3n) is 5.82. The molecule has 0 radical (unpaired) electrons. The van der Waals surface area contributed by atoms with E-state index in [2.05, 4.69) is 28.3 Å². The molecule has 2 aromatic heterocycles. The van der Waals surface area contributed by atoms with Crippen LogP contribution in [-0.2, 0) is 19.7 Å². The number of halogens is 1. The third-order valence-corrected chi connectivity index (χ3v) is 6.13. The largest absolute Gasteiger partial charge is 0.487 e. The fraction of sp³-hybridized carbons (Fsp3) is 0.435. The second-order valence-corrected chi connectivity index (χ2v) is 8.36. The summed E-state index contributed by atoms with van der Waals surface area (Å²) in [5.41, 5.74) is 3.26. The average Bonchev–Trinajstić information content (AvgIpc) is 3.35.